The van der Waals surface area contributed by atoms with Crippen molar-refractivity contribution in [1.29, 1.82) is 0 Å². The second-order valence-corrected chi connectivity index (χ2v) is 4.51. The van der Waals surface area contributed by atoms with Gasteiger partial charge in [-0.25, -0.2) is 0 Å². The molecule has 1 fully saturated rings. The van der Waals surface area contributed by atoms with Gasteiger partial charge in [0.25, 0.3) is 5.91 Å². The van der Waals surface area contributed by atoms with Gasteiger partial charge in [-0.2, -0.15) is 0 Å². The normalized spacial score (nSPS) is 19.2. The number of likely N-dealkylation sites (tertiary alicyclic amines) is 1. The second kappa shape index (κ2) is 5.56. The summed E-state index contributed by atoms with van der Waals surface area (Å²) >= 11 is 0. The van der Waals surface area contributed by atoms with Gasteiger partial charge < -0.3 is 15.1 Å². The predicted molar refractivity (Wildman–Crippen MR) is 68.5 cm³/mol. The second-order valence-electron chi connectivity index (χ2n) is 4.51. The molecule has 5 heteroatoms. The number of rotatable bonds is 2. The molecule has 2 rings (SSSR count). The van der Waals surface area contributed by atoms with E-state index in [0.717, 1.165) is 30.8 Å². The van der Waals surface area contributed by atoms with E-state index in [1.54, 1.807) is 0 Å². The smallest absolute Gasteiger partial charge is 0.289 e. The van der Waals surface area contributed by atoms with Gasteiger partial charge in [-0.15, -0.1) is 12.4 Å². The third-order valence-corrected chi connectivity index (χ3v) is 3.14. The van der Waals surface area contributed by atoms with Crippen LogP contribution < -0.4 is 5.73 Å². The Kier molecular flexibility index (Phi) is 4.60. The summed E-state index contributed by atoms with van der Waals surface area (Å²) in [6, 6.07) is 1.89. The molecule has 0 aromatic carbocycles. The maximum atomic E-state index is 12.1. The molecular weight excluding hydrogens is 240 g/mol. The van der Waals surface area contributed by atoms with Crippen molar-refractivity contribution in [2.45, 2.75) is 20.3 Å². The minimum atomic E-state index is 0. The Morgan fingerprint density at radius 2 is 2.29 bits per heavy atom. The molecule has 1 saturated heterocycles. The molecule has 4 nitrogen and oxygen atoms in total. The lowest BCUT2D eigenvalue weighted by molar-refractivity contribution is 0.0753. The summed E-state index contributed by atoms with van der Waals surface area (Å²) in [6.07, 6.45) is 1.00. The molecule has 2 heterocycles. The van der Waals surface area contributed by atoms with Gasteiger partial charge >= 0.3 is 0 Å². The topological polar surface area (TPSA) is 59.5 Å². The molecule has 1 aromatic rings. The Balaban J connectivity index is 0.00000144. The lowest BCUT2D eigenvalue weighted by Gasteiger charge is -2.14. The van der Waals surface area contributed by atoms with Crippen LogP contribution >= 0.6 is 12.4 Å². The van der Waals surface area contributed by atoms with Gasteiger partial charge in [0.15, 0.2) is 5.76 Å². The van der Waals surface area contributed by atoms with Gasteiger partial charge in [-0.05, 0) is 38.8 Å². The fraction of sp³-hybridized carbons (Fsp3) is 0.583. The Hall–Kier alpha value is -1.00. The van der Waals surface area contributed by atoms with E-state index in [4.69, 9.17) is 10.2 Å². The molecule has 1 aromatic heterocycles. The summed E-state index contributed by atoms with van der Waals surface area (Å²) in [5.74, 6) is 1.72. The van der Waals surface area contributed by atoms with Crippen molar-refractivity contribution < 1.29 is 9.21 Å². The van der Waals surface area contributed by atoms with Crippen LogP contribution in [0, 0.1) is 19.8 Å². The number of carbonyl (C=O) groups excluding carboxylic acids is 1. The van der Waals surface area contributed by atoms with E-state index in [-0.39, 0.29) is 18.3 Å². The van der Waals surface area contributed by atoms with Crippen molar-refractivity contribution in [3.05, 3.63) is 23.2 Å². The van der Waals surface area contributed by atoms with Gasteiger partial charge in [0.1, 0.15) is 5.76 Å². The number of aryl methyl sites for hydroxylation is 2. The first-order chi connectivity index (χ1) is 7.61. The molecule has 0 spiro atoms. The predicted octanol–water partition coefficient (Wildman–Crippen LogP) is 1.74. The lowest BCUT2D eigenvalue weighted by Crippen LogP contribution is -2.29. The van der Waals surface area contributed by atoms with Gasteiger partial charge in [0.2, 0.25) is 0 Å². The van der Waals surface area contributed by atoms with Crippen molar-refractivity contribution in [3.63, 3.8) is 0 Å². The van der Waals surface area contributed by atoms with E-state index in [1.165, 1.54) is 0 Å². The first-order valence-corrected chi connectivity index (χ1v) is 5.68. The summed E-state index contributed by atoms with van der Waals surface area (Å²) in [5, 5.41) is 0. The van der Waals surface area contributed by atoms with Crippen LogP contribution in [-0.4, -0.2) is 30.4 Å². The maximum Gasteiger partial charge on any atom is 0.289 e. The highest BCUT2D eigenvalue weighted by Gasteiger charge is 2.28. The quantitative estimate of drug-likeness (QED) is 0.879. The Morgan fingerprint density at radius 3 is 2.76 bits per heavy atom. The van der Waals surface area contributed by atoms with Gasteiger partial charge in [-0.1, -0.05) is 0 Å². The molecule has 1 atom stereocenters. The zero-order valence-corrected chi connectivity index (χ0v) is 11.0. The van der Waals surface area contributed by atoms with Gasteiger partial charge in [-0.3, -0.25) is 4.79 Å². The Morgan fingerprint density at radius 1 is 1.59 bits per heavy atom. The Labute approximate surface area is 108 Å². The number of nitrogens with zero attached hydrogens (tertiary/aromatic N) is 1. The minimum Gasteiger partial charge on any atom is -0.456 e. The van der Waals surface area contributed by atoms with Crippen LogP contribution in [0.25, 0.3) is 0 Å². The highest BCUT2D eigenvalue weighted by Crippen LogP contribution is 2.21. The molecular formula is C12H19ClN2O2. The molecule has 0 radical (unpaired) electrons. The van der Waals surface area contributed by atoms with Crippen LogP contribution in [0.4, 0.5) is 0 Å². The standard InChI is InChI=1S/C12H18N2O2.ClH/c1-8-5-9(2)16-11(8)12(15)14-4-3-10(6-13)7-14;/h5,10H,3-4,6-7,13H2,1-2H3;1H. The number of amides is 1. The largest absolute Gasteiger partial charge is 0.456 e. The van der Waals surface area contributed by atoms with Crippen LogP contribution in [0.3, 0.4) is 0 Å². The minimum absolute atomic E-state index is 0. The lowest BCUT2D eigenvalue weighted by atomic mass is 10.1. The molecule has 1 unspecified atom stereocenters. The van der Waals surface area contributed by atoms with E-state index in [1.807, 2.05) is 24.8 Å². The number of furan rings is 1. The zero-order valence-electron chi connectivity index (χ0n) is 10.2. The van der Waals surface area contributed by atoms with Crippen molar-refractivity contribution in [2.75, 3.05) is 19.6 Å². The third-order valence-electron chi connectivity index (χ3n) is 3.14. The summed E-state index contributed by atoms with van der Waals surface area (Å²) in [5.41, 5.74) is 6.52. The summed E-state index contributed by atoms with van der Waals surface area (Å²) in [7, 11) is 0. The molecule has 17 heavy (non-hydrogen) atoms. The molecule has 0 saturated carbocycles. The third kappa shape index (κ3) is 2.82. The summed E-state index contributed by atoms with van der Waals surface area (Å²) < 4.78 is 5.43. The van der Waals surface area contributed by atoms with Crippen LogP contribution in [0.2, 0.25) is 0 Å². The fourth-order valence-corrected chi connectivity index (χ4v) is 2.21. The SMILES string of the molecule is Cc1cc(C)c(C(=O)N2CCC(CN)C2)o1.Cl. The van der Waals surface area contributed by atoms with E-state index >= 15 is 0 Å². The maximum absolute atomic E-state index is 12.1. The average molecular weight is 259 g/mol. The highest BCUT2D eigenvalue weighted by molar-refractivity contribution is 5.93. The zero-order chi connectivity index (χ0) is 11.7. The van der Waals surface area contributed by atoms with E-state index in [2.05, 4.69) is 0 Å². The number of halogens is 1. The number of hydrogen-bond donors (Lipinski definition) is 1. The van der Waals surface area contributed by atoms with Crippen molar-refractivity contribution in [1.82, 2.24) is 4.90 Å². The summed E-state index contributed by atoms with van der Waals surface area (Å²) in [6.45, 7) is 5.96. The first-order valence-electron chi connectivity index (χ1n) is 5.68. The Bertz CT molecular complexity index is 403. The first kappa shape index (κ1) is 14.1. The molecule has 1 aliphatic heterocycles. The highest BCUT2D eigenvalue weighted by atomic mass is 35.5. The molecule has 2 N–H and O–H groups in total. The number of nitrogens with two attached hydrogens (primary N) is 1. The fourth-order valence-electron chi connectivity index (χ4n) is 2.21. The van der Waals surface area contributed by atoms with Crippen LogP contribution in [0.1, 0.15) is 28.3 Å². The molecule has 0 aliphatic carbocycles. The average Bonchev–Trinajstić information content (AvgIpc) is 2.84. The van der Waals surface area contributed by atoms with Crippen molar-refractivity contribution in [2.24, 2.45) is 11.7 Å². The molecule has 0 bridgehead atoms. The van der Waals surface area contributed by atoms with Crippen molar-refractivity contribution in [3.8, 4) is 0 Å². The monoisotopic (exact) mass is 258 g/mol. The molecule has 1 aliphatic rings. The van der Waals surface area contributed by atoms with Gasteiger partial charge in [0, 0.05) is 18.7 Å². The van der Waals surface area contributed by atoms with Crippen LogP contribution in [-0.2, 0) is 0 Å². The van der Waals surface area contributed by atoms with E-state index in [9.17, 15) is 4.79 Å². The van der Waals surface area contributed by atoms with Gasteiger partial charge in [0.05, 0.1) is 0 Å². The van der Waals surface area contributed by atoms with Crippen LogP contribution in [0.5, 0.6) is 0 Å². The number of carbonyl (C=O) groups is 1. The molecule has 1 amide bonds. The molecule has 96 valence electrons. The van der Waals surface area contributed by atoms with Crippen LogP contribution in [0.15, 0.2) is 10.5 Å². The van der Waals surface area contributed by atoms with E-state index < -0.39 is 0 Å². The van der Waals surface area contributed by atoms with E-state index in [0.29, 0.717) is 18.2 Å². The summed E-state index contributed by atoms with van der Waals surface area (Å²) in [4.78, 5) is 14.0. The van der Waals surface area contributed by atoms with Crippen molar-refractivity contribution >= 4 is 18.3 Å². The number of hydrogen-bond acceptors (Lipinski definition) is 3.